The number of amides is 1. The molecule has 3 aromatic rings. The number of carbonyl (C=O) groups excluding carboxylic acids is 1. The predicted molar refractivity (Wildman–Crippen MR) is 96.7 cm³/mol. The Morgan fingerprint density at radius 1 is 1.20 bits per heavy atom. The molecule has 1 N–H and O–H groups in total. The molecule has 1 atom stereocenters. The first-order chi connectivity index (χ1) is 12.1. The molecule has 0 aliphatic heterocycles. The van der Waals surface area contributed by atoms with E-state index in [1.807, 2.05) is 73.3 Å². The van der Waals surface area contributed by atoms with Crippen molar-refractivity contribution in [2.45, 2.75) is 13.0 Å². The van der Waals surface area contributed by atoms with Crippen molar-refractivity contribution >= 4 is 5.91 Å². The Hall–Kier alpha value is -3.08. The molecule has 0 fully saturated rings. The van der Waals surface area contributed by atoms with Crippen LogP contribution in [-0.2, 0) is 7.05 Å². The highest BCUT2D eigenvalue weighted by Gasteiger charge is 2.21. The van der Waals surface area contributed by atoms with E-state index in [4.69, 9.17) is 4.74 Å². The molecule has 5 heteroatoms. The van der Waals surface area contributed by atoms with E-state index in [2.05, 4.69) is 10.3 Å². The van der Waals surface area contributed by atoms with Gasteiger partial charge in [-0.25, -0.2) is 4.98 Å². The maximum absolute atomic E-state index is 12.7. The number of aromatic nitrogens is 2. The fraction of sp³-hybridized carbons (Fsp3) is 0.200. The molecule has 3 rings (SSSR count). The molecule has 1 unspecified atom stereocenters. The van der Waals surface area contributed by atoms with Crippen molar-refractivity contribution in [3.05, 3.63) is 83.4 Å². The second kappa shape index (κ2) is 7.21. The number of rotatable bonds is 5. The van der Waals surface area contributed by atoms with Crippen molar-refractivity contribution in [1.82, 2.24) is 14.9 Å². The number of carbonyl (C=O) groups is 1. The molecule has 128 valence electrons. The molecule has 0 spiro atoms. The monoisotopic (exact) mass is 335 g/mol. The third kappa shape index (κ3) is 3.71. The minimum absolute atomic E-state index is 0.132. The summed E-state index contributed by atoms with van der Waals surface area (Å²) in [5.74, 6) is 1.41. The Labute approximate surface area is 147 Å². The lowest BCUT2D eigenvalue weighted by molar-refractivity contribution is 0.0941. The van der Waals surface area contributed by atoms with Crippen molar-refractivity contribution in [2.24, 2.45) is 7.05 Å². The van der Waals surface area contributed by atoms with Crippen molar-refractivity contribution < 1.29 is 9.53 Å². The molecule has 1 heterocycles. The van der Waals surface area contributed by atoms with Gasteiger partial charge in [-0.1, -0.05) is 29.8 Å². The summed E-state index contributed by atoms with van der Waals surface area (Å²) in [5, 5.41) is 3.09. The second-order valence-electron chi connectivity index (χ2n) is 5.95. The summed E-state index contributed by atoms with van der Waals surface area (Å²) in [6.45, 7) is 1.97. The van der Waals surface area contributed by atoms with Gasteiger partial charge < -0.3 is 14.6 Å². The van der Waals surface area contributed by atoms with Crippen molar-refractivity contribution in [3.8, 4) is 5.75 Å². The average Bonchev–Trinajstić information content (AvgIpc) is 3.05. The number of nitrogens with one attached hydrogen (secondary N) is 1. The first-order valence-electron chi connectivity index (χ1n) is 8.07. The van der Waals surface area contributed by atoms with Crippen molar-refractivity contribution in [1.29, 1.82) is 0 Å². The number of imidazole rings is 1. The zero-order valence-electron chi connectivity index (χ0n) is 14.6. The van der Waals surface area contributed by atoms with Gasteiger partial charge in [0.15, 0.2) is 0 Å². The van der Waals surface area contributed by atoms with Crippen LogP contribution in [0, 0.1) is 6.92 Å². The average molecular weight is 335 g/mol. The lowest BCUT2D eigenvalue weighted by atomic mass is 10.0. The van der Waals surface area contributed by atoms with E-state index in [1.54, 1.807) is 13.3 Å². The first kappa shape index (κ1) is 16.8. The first-order valence-corrected chi connectivity index (χ1v) is 8.07. The van der Waals surface area contributed by atoms with E-state index in [0.29, 0.717) is 5.56 Å². The Morgan fingerprint density at radius 2 is 1.96 bits per heavy atom. The molecule has 0 aliphatic rings. The Kier molecular flexibility index (Phi) is 4.84. The fourth-order valence-electron chi connectivity index (χ4n) is 2.75. The molecule has 5 nitrogen and oxygen atoms in total. The standard InChI is InChI=1S/C20H21N3O2/c1-14-5-4-6-16(13-14)20(24)22-18(19-21-11-12-23(19)2)15-7-9-17(25-3)10-8-15/h4-13,18H,1-3H3,(H,22,24). The second-order valence-corrected chi connectivity index (χ2v) is 5.95. The lowest BCUT2D eigenvalue weighted by Gasteiger charge is -2.19. The number of aryl methyl sites for hydroxylation is 2. The highest BCUT2D eigenvalue weighted by molar-refractivity contribution is 5.94. The molecule has 1 amide bonds. The minimum atomic E-state index is -0.348. The molecule has 0 saturated heterocycles. The number of ether oxygens (including phenoxy) is 1. The SMILES string of the molecule is COc1ccc(C(NC(=O)c2cccc(C)c2)c2nccn2C)cc1. The zero-order chi connectivity index (χ0) is 17.8. The van der Waals surface area contributed by atoms with E-state index < -0.39 is 0 Å². The molecule has 1 aromatic heterocycles. The number of hydrogen-bond donors (Lipinski definition) is 1. The normalized spacial score (nSPS) is 11.8. The lowest BCUT2D eigenvalue weighted by Crippen LogP contribution is -2.31. The minimum Gasteiger partial charge on any atom is -0.497 e. The Bertz CT molecular complexity index is 869. The number of methoxy groups -OCH3 is 1. The third-order valence-corrected chi connectivity index (χ3v) is 4.12. The van der Waals surface area contributed by atoms with Crippen LogP contribution < -0.4 is 10.1 Å². The summed E-state index contributed by atoms with van der Waals surface area (Å²) in [7, 11) is 3.54. The topological polar surface area (TPSA) is 56.1 Å². The fourth-order valence-corrected chi connectivity index (χ4v) is 2.75. The van der Waals surface area contributed by atoms with Gasteiger partial charge in [-0.05, 0) is 36.8 Å². The molecule has 2 aromatic carbocycles. The molecular formula is C20H21N3O2. The Morgan fingerprint density at radius 3 is 2.56 bits per heavy atom. The van der Waals surface area contributed by atoms with Crippen LogP contribution in [0.4, 0.5) is 0 Å². The summed E-state index contributed by atoms with van der Waals surface area (Å²) < 4.78 is 7.13. The van der Waals surface area contributed by atoms with Crippen LogP contribution in [0.25, 0.3) is 0 Å². The van der Waals surface area contributed by atoms with Crippen LogP contribution in [0.15, 0.2) is 60.9 Å². The van der Waals surface area contributed by atoms with Gasteiger partial charge in [0.05, 0.1) is 7.11 Å². The van der Waals surface area contributed by atoms with E-state index in [9.17, 15) is 4.79 Å². The highest BCUT2D eigenvalue weighted by atomic mass is 16.5. The molecule has 0 aliphatic carbocycles. The smallest absolute Gasteiger partial charge is 0.252 e. The van der Waals surface area contributed by atoms with Crippen LogP contribution >= 0.6 is 0 Å². The molecule has 0 saturated carbocycles. The van der Waals surface area contributed by atoms with Crippen LogP contribution in [0.3, 0.4) is 0 Å². The van der Waals surface area contributed by atoms with Crippen LogP contribution in [0.1, 0.15) is 33.4 Å². The largest absolute Gasteiger partial charge is 0.497 e. The van der Waals surface area contributed by atoms with Gasteiger partial charge in [-0.2, -0.15) is 0 Å². The molecule has 25 heavy (non-hydrogen) atoms. The summed E-state index contributed by atoms with van der Waals surface area (Å²) >= 11 is 0. The van der Waals surface area contributed by atoms with Crippen LogP contribution in [0.5, 0.6) is 5.75 Å². The summed E-state index contributed by atoms with van der Waals surface area (Å²) in [6, 6.07) is 14.8. The van der Waals surface area contributed by atoms with Crippen LogP contribution in [-0.4, -0.2) is 22.6 Å². The van der Waals surface area contributed by atoms with Gasteiger partial charge in [0.2, 0.25) is 0 Å². The number of hydrogen-bond acceptors (Lipinski definition) is 3. The number of benzene rings is 2. The van der Waals surface area contributed by atoms with Gasteiger partial charge >= 0.3 is 0 Å². The maximum Gasteiger partial charge on any atom is 0.252 e. The third-order valence-electron chi connectivity index (χ3n) is 4.12. The maximum atomic E-state index is 12.7. The van der Waals surface area contributed by atoms with E-state index in [0.717, 1.165) is 22.7 Å². The molecular weight excluding hydrogens is 314 g/mol. The van der Waals surface area contributed by atoms with Gasteiger partial charge in [0.1, 0.15) is 17.6 Å². The molecule has 0 radical (unpaired) electrons. The zero-order valence-corrected chi connectivity index (χ0v) is 14.6. The summed E-state index contributed by atoms with van der Waals surface area (Å²) in [6.07, 6.45) is 3.59. The summed E-state index contributed by atoms with van der Waals surface area (Å²) in [5.41, 5.74) is 2.62. The van der Waals surface area contributed by atoms with E-state index >= 15 is 0 Å². The Balaban J connectivity index is 1.94. The summed E-state index contributed by atoms with van der Waals surface area (Å²) in [4.78, 5) is 17.2. The van der Waals surface area contributed by atoms with Gasteiger partial charge in [0, 0.05) is 25.0 Å². The molecule has 0 bridgehead atoms. The van der Waals surface area contributed by atoms with Crippen molar-refractivity contribution in [2.75, 3.05) is 7.11 Å². The quantitative estimate of drug-likeness (QED) is 0.779. The van der Waals surface area contributed by atoms with Crippen molar-refractivity contribution in [3.63, 3.8) is 0 Å². The van der Waals surface area contributed by atoms with Gasteiger partial charge in [0.25, 0.3) is 5.91 Å². The van der Waals surface area contributed by atoms with Gasteiger partial charge in [-0.3, -0.25) is 4.79 Å². The number of nitrogens with zero attached hydrogens (tertiary/aromatic N) is 2. The van der Waals surface area contributed by atoms with Crippen LogP contribution in [0.2, 0.25) is 0 Å². The van der Waals surface area contributed by atoms with E-state index in [-0.39, 0.29) is 11.9 Å². The highest BCUT2D eigenvalue weighted by Crippen LogP contribution is 2.23. The van der Waals surface area contributed by atoms with Gasteiger partial charge in [-0.15, -0.1) is 0 Å². The predicted octanol–water partition coefficient (Wildman–Crippen LogP) is 3.26. The van der Waals surface area contributed by atoms with E-state index in [1.165, 1.54) is 0 Å².